The number of halogens is 1. The second-order valence-corrected chi connectivity index (χ2v) is 5.88. The largest absolute Gasteiger partial charge is 0.374 e. The fourth-order valence-electron chi connectivity index (χ4n) is 2.66. The third-order valence-corrected chi connectivity index (χ3v) is 4.18. The minimum Gasteiger partial charge on any atom is -0.374 e. The molecule has 1 aromatic heterocycles. The van der Waals surface area contributed by atoms with Crippen molar-refractivity contribution in [2.75, 3.05) is 0 Å². The standard InChI is InChI=1S/C13H14BrN3O3/c1-16-10-6-7(14)2-3-8(10)17(13(16)20)9-4-5-11(18)15-12(9)19/h2-3,6,9,11,18H,4-5H2,1H3,(H,15,19). The molecule has 6 nitrogen and oxygen atoms in total. The van der Waals surface area contributed by atoms with Crippen LogP contribution in [0.15, 0.2) is 27.5 Å². The summed E-state index contributed by atoms with van der Waals surface area (Å²) in [7, 11) is 1.68. The molecule has 0 bridgehead atoms. The molecule has 2 heterocycles. The average molecular weight is 340 g/mol. The van der Waals surface area contributed by atoms with Crippen molar-refractivity contribution in [3.05, 3.63) is 33.2 Å². The number of imidazole rings is 1. The number of aliphatic hydroxyl groups excluding tert-OH is 1. The molecule has 2 atom stereocenters. The van der Waals surface area contributed by atoms with E-state index >= 15 is 0 Å². The van der Waals surface area contributed by atoms with Crippen LogP contribution in [0.5, 0.6) is 0 Å². The molecule has 0 aliphatic carbocycles. The highest BCUT2D eigenvalue weighted by Gasteiger charge is 2.31. The molecule has 1 saturated heterocycles. The van der Waals surface area contributed by atoms with Crippen LogP contribution in [0.25, 0.3) is 11.0 Å². The number of aliphatic hydroxyl groups is 1. The van der Waals surface area contributed by atoms with Crippen LogP contribution in [0.4, 0.5) is 0 Å². The molecule has 0 spiro atoms. The summed E-state index contributed by atoms with van der Waals surface area (Å²) in [5.41, 5.74) is 1.26. The van der Waals surface area contributed by atoms with E-state index in [0.717, 1.165) is 15.5 Å². The second-order valence-electron chi connectivity index (χ2n) is 4.96. The zero-order chi connectivity index (χ0) is 14.4. The number of nitrogens with one attached hydrogen (secondary N) is 1. The molecular formula is C13H14BrN3O3. The van der Waals surface area contributed by atoms with E-state index in [0.29, 0.717) is 12.8 Å². The van der Waals surface area contributed by atoms with Crippen LogP contribution in [-0.2, 0) is 11.8 Å². The van der Waals surface area contributed by atoms with Crippen LogP contribution in [0.2, 0.25) is 0 Å². The van der Waals surface area contributed by atoms with E-state index in [1.807, 2.05) is 18.2 Å². The normalized spacial score (nSPS) is 23.1. The molecule has 0 saturated carbocycles. The molecular weight excluding hydrogens is 326 g/mol. The fourth-order valence-corrected chi connectivity index (χ4v) is 3.01. The highest BCUT2D eigenvalue weighted by Crippen LogP contribution is 2.25. The van der Waals surface area contributed by atoms with Gasteiger partial charge in [-0.25, -0.2) is 4.79 Å². The van der Waals surface area contributed by atoms with Crippen molar-refractivity contribution < 1.29 is 9.90 Å². The van der Waals surface area contributed by atoms with Crippen molar-refractivity contribution in [1.82, 2.24) is 14.5 Å². The van der Waals surface area contributed by atoms with Gasteiger partial charge in [-0.15, -0.1) is 0 Å². The van der Waals surface area contributed by atoms with Crippen LogP contribution in [0.3, 0.4) is 0 Å². The van der Waals surface area contributed by atoms with Gasteiger partial charge in [-0.2, -0.15) is 0 Å². The first-order valence-electron chi connectivity index (χ1n) is 6.34. The molecule has 2 aromatic rings. The lowest BCUT2D eigenvalue weighted by Gasteiger charge is -2.26. The minimum absolute atomic E-state index is 0.227. The monoisotopic (exact) mass is 339 g/mol. The Morgan fingerprint density at radius 3 is 2.75 bits per heavy atom. The first-order chi connectivity index (χ1) is 9.49. The average Bonchev–Trinajstić information content (AvgIpc) is 2.63. The first-order valence-corrected chi connectivity index (χ1v) is 7.13. The number of aromatic nitrogens is 2. The number of piperidine rings is 1. The Kier molecular flexibility index (Phi) is 3.18. The molecule has 1 fully saturated rings. The Morgan fingerprint density at radius 1 is 1.30 bits per heavy atom. The smallest absolute Gasteiger partial charge is 0.329 e. The molecule has 7 heteroatoms. The van der Waals surface area contributed by atoms with E-state index in [4.69, 9.17) is 0 Å². The molecule has 106 valence electrons. The molecule has 1 aliphatic rings. The van der Waals surface area contributed by atoms with Gasteiger partial charge in [-0.1, -0.05) is 15.9 Å². The van der Waals surface area contributed by atoms with E-state index in [-0.39, 0.29) is 11.6 Å². The maximum absolute atomic E-state index is 12.4. The van der Waals surface area contributed by atoms with Gasteiger partial charge in [-0.3, -0.25) is 13.9 Å². The number of amides is 1. The summed E-state index contributed by atoms with van der Waals surface area (Å²) in [5, 5.41) is 11.9. The molecule has 1 aromatic carbocycles. The van der Waals surface area contributed by atoms with E-state index < -0.39 is 12.3 Å². The van der Waals surface area contributed by atoms with Gasteiger partial charge in [0.1, 0.15) is 12.3 Å². The van der Waals surface area contributed by atoms with E-state index in [2.05, 4.69) is 21.2 Å². The molecule has 1 aliphatic heterocycles. The Hall–Kier alpha value is -1.60. The summed E-state index contributed by atoms with van der Waals surface area (Å²) in [4.78, 5) is 24.4. The summed E-state index contributed by atoms with van der Waals surface area (Å²) in [5.74, 6) is -0.318. The van der Waals surface area contributed by atoms with Crippen molar-refractivity contribution in [2.45, 2.75) is 25.1 Å². The highest BCUT2D eigenvalue weighted by atomic mass is 79.9. The number of carbonyl (C=O) groups excluding carboxylic acids is 1. The molecule has 2 unspecified atom stereocenters. The number of hydrogen-bond donors (Lipinski definition) is 2. The van der Waals surface area contributed by atoms with Crippen molar-refractivity contribution in [3.8, 4) is 0 Å². The van der Waals surface area contributed by atoms with Crippen molar-refractivity contribution in [3.63, 3.8) is 0 Å². The maximum Gasteiger partial charge on any atom is 0.329 e. The number of hydrogen-bond acceptors (Lipinski definition) is 3. The number of fused-ring (bicyclic) bond motifs is 1. The van der Waals surface area contributed by atoms with Crippen LogP contribution in [0, 0.1) is 0 Å². The third-order valence-electron chi connectivity index (χ3n) is 3.69. The highest BCUT2D eigenvalue weighted by molar-refractivity contribution is 9.10. The Labute approximate surface area is 123 Å². The van der Waals surface area contributed by atoms with Gasteiger partial charge in [-0.05, 0) is 31.0 Å². The van der Waals surface area contributed by atoms with E-state index in [9.17, 15) is 14.7 Å². The van der Waals surface area contributed by atoms with Crippen molar-refractivity contribution in [1.29, 1.82) is 0 Å². The van der Waals surface area contributed by atoms with Gasteiger partial charge in [0.25, 0.3) is 0 Å². The molecule has 0 radical (unpaired) electrons. The van der Waals surface area contributed by atoms with Crippen LogP contribution >= 0.6 is 15.9 Å². The van der Waals surface area contributed by atoms with Crippen LogP contribution in [0.1, 0.15) is 18.9 Å². The molecule has 3 rings (SSSR count). The van der Waals surface area contributed by atoms with Crippen molar-refractivity contribution in [2.24, 2.45) is 7.05 Å². The predicted molar refractivity (Wildman–Crippen MR) is 77.3 cm³/mol. The number of carbonyl (C=O) groups is 1. The Morgan fingerprint density at radius 2 is 2.05 bits per heavy atom. The van der Waals surface area contributed by atoms with Gasteiger partial charge < -0.3 is 10.4 Å². The molecule has 1 amide bonds. The van der Waals surface area contributed by atoms with Crippen LogP contribution in [-0.4, -0.2) is 26.4 Å². The maximum atomic E-state index is 12.4. The van der Waals surface area contributed by atoms with Gasteiger partial charge in [0.2, 0.25) is 5.91 Å². The van der Waals surface area contributed by atoms with Gasteiger partial charge >= 0.3 is 5.69 Å². The third kappa shape index (κ3) is 1.97. The van der Waals surface area contributed by atoms with Gasteiger partial charge in [0.05, 0.1) is 11.0 Å². The summed E-state index contributed by atoms with van der Waals surface area (Å²) in [6, 6.07) is 4.94. The predicted octanol–water partition coefficient (Wildman–Crippen LogP) is 0.872. The molecule has 2 N–H and O–H groups in total. The fraction of sp³-hybridized carbons (Fsp3) is 0.385. The topological polar surface area (TPSA) is 76.3 Å². The minimum atomic E-state index is -0.821. The summed E-state index contributed by atoms with van der Waals surface area (Å²) in [6.45, 7) is 0. The summed E-state index contributed by atoms with van der Waals surface area (Å²) >= 11 is 3.38. The lowest BCUT2D eigenvalue weighted by Crippen LogP contribution is -2.46. The summed E-state index contributed by atoms with van der Waals surface area (Å²) in [6.07, 6.45) is 0.0660. The quantitative estimate of drug-likeness (QED) is 0.809. The number of aryl methyl sites for hydroxylation is 1. The summed E-state index contributed by atoms with van der Waals surface area (Å²) < 4.78 is 3.91. The van der Waals surface area contributed by atoms with E-state index in [1.165, 1.54) is 9.13 Å². The Bertz CT molecular complexity index is 749. The van der Waals surface area contributed by atoms with Crippen molar-refractivity contribution >= 4 is 32.9 Å². The zero-order valence-electron chi connectivity index (χ0n) is 10.8. The van der Waals surface area contributed by atoms with Gasteiger partial charge in [0, 0.05) is 11.5 Å². The lowest BCUT2D eigenvalue weighted by atomic mass is 10.1. The SMILES string of the molecule is Cn1c(=O)n(C2CCC(O)NC2=O)c2ccc(Br)cc21. The van der Waals surface area contributed by atoms with E-state index in [1.54, 1.807) is 7.05 Å². The first kappa shape index (κ1) is 13.4. The number of nitrogens with zero attached hydrogens (tertiary/aromatic N) is 2. The second kappa shape index (κ2) is 4.75. The van der Waals surface area contributed by atoms with Crippen LogP contribution < -0.4 is 11.0 Å². The number of rotatable bonds is 1. The van der Waals surface area contributed by atoms with Gasteiger partial charge in [0.15, 0.2) is 0 Å². The number of benzene rings is 1. The lowest BCUT2D eigenvalue weighted by molar-refractivity contribution is -0.130. The Balaban J connectivity index is 2.19. The molecule has 20 heavy (non-hydrogen) atoms. The zero-order valence-corrected chi connectivity index (χ0v) is 12.4.